The van der Waals surface area contributed by atoms with Gasteiger partial charge >= 0.3 is 0 Å². The molecule has 0 aliphatic rings. The molecule has 32 heavy (non-hydrogen) atoms. The summed E-state index contributed by atoms with van der Waals surface area (Å²) in [6.07, 6.45) is 0. The molecule has 2 N–H and O–H groups in total. The van der Waals surface area contributed by atoms with Crippen molar-refractivity contribution in [3.05, 3.63) is 81.2 Å². The Bertz CT molecular complexity index is 1330. The molecule has 2 heterocycles. The fourth-order valence-electron chi connectivity index (χ4n) is 3.16. The van der Waals surface area contributed by atoms with Gasteiger partial charge in [-0.1, -0.05) is 29.5 Å². The molecule has 0 bridgehead atoms. The Labute approximate surface area is 187 Å². The number of aromatic amines is 1. The predicted octanol–water partition coefficient (Wildman–Crippen LogP) is 3.19. The number of H-pyrrole nitrogens is 1. The van der Waals surface area contributed by atoms with Crippen LogP contribution in [0.1, 0.15) is 22.5 Å². The fraction of sp³-hybridized carbons (Fsp3) is 0.227. The van der Waals surface area contributed by atoms with Crippen LogP contribution in [0.4, 0.5) is 10.1 Å². The lowest BCUT2D eigenvalue weighted by molar-refractivity contribution is -0.113. The van der Waals surface area contributed by atoms with Crippen molar-refractivity contribution >= 4 is 34.5 Å². The summed E-state index contributed by atoms with van der Waals surface area (Å²) in [6, 6.07) is 11.8. The summed E-state index contributed by atoms with van der Waals surface area (Å²) >= 11 is 1.34. The minimum absolute atomic E-state index is 0.129. The third-order valence-corrected chi connectivity index (χ3v) is 5.96. The Morgan fingerprint density at radius 3 is 2.75 bits per heavy atom. The van der Waals surface area contributed by atoms with Crippen LogP contribution < -0.4 is 10.9 Å². The summed E-state index contributed by atoms with van der Waals surface area (Å²) in [5.74, 6) is 0.521. The first-order chi connectivity index (χ1) is 15.4. The first kappa shape index (κ1) is 21.7. The lowest BCUT2D eigenvalue weighted by atomic mass is 10.1. The number of anilines is 1. The number of fused-ring (bicyclic) bond motifs is 1. The molecule has 0 saturated carbocycles. The van der Waals surface area contributed by atoms with E-state index >= 15 is 0 Å². The molecule has 4 aromatic rings. The minimum Gasteiger partial charge on any atom is -0.325 e. The van der Waals surface area contributed by atoms with E-state index in [1.807, 2.05) is 32.0 Å². The number of rotatable bonds is 7. The summed E-state index contributed by atoms with van der Waals surface area (Å²) in [5.41, 5.74) is 3.82. The van der Waals surface area contributed by atoms with Gasteiger partial charge in [-0.05, 0) is 48.7 Å². The highest BCUT2D eigenvalue weighted by molar-refractivity contribution is 7.99. The molecule has 164 valence electrons. The smallest absolute Gasteiger partial charge is 0.281 e. The van der Waals surface area contributed by atoms with E-state index in [1.54, 1.807) is 12.1 Å². The zero-order valence-corrected chi connectivity index (χ0v) is 18.4. The molecule has 8 nitrogen and oxygen atoms in total. The maximum atomic E-state index is 13.1. The molecule has 0 atom stereocenters. The van der Waals surface area contributed by atoms with Gasteiger partial charge in [-0.25, -0.2) is 14.1 Å². The van der Waals surface area contributed by atoms with Crippen LogP contribution in [-0.2, 0) is 17.1 Å². The number of thioether (sulfide) groups is 1. The zero-order chi connectivity index (χ0) is 22.7. The first-order valence-corrected chi connectivity index (χ1v) is 11.1. The normalized spacial score (nSPS) is 11.1. The molecule has 0 radical (unpaired) electrons. The second kappa shape index (κ2) is 9.31. The van der Waals surface area contributed by atoms with Crippen LogP contribution in [0, 0.1) is 19.7 Å². The number of carbonyl (C=O) groups excluding carboxylic acids is 1. The lowest BCUT2D eigenvalue weighted by Gasteiger charge is -2.10. The van der Waals surface area contributed by atoms with E-state index in [9.17, 15) is 14.0 Å². The standard InChI is InChI=1S/C22H21FN6O2S/c1-13-4-3-5-17(14(13)2)24-19(30)12-32-11-18-25-21-20(22(31)26-18)27-28-29(21)10-15-6-8-16(23)9-7-15/h3-9H,10-12H2,1-2H3,(H,24,30)(H,25,26,31). The highest BCUT2D eigenvalue weighted by Crippen LogP contribution is 2.19. The van der Waals surface area contributed by atoms with Crippen LogP contribution in [0.25, 0.3) is 11.2 Å². The fourth-order valence-corrected chi connectivity index (χ4v) is 3.85. The van der Waals surface area contributed by atoms with Crippen molar-refractivity contribution in [2.24, 2.45) is 0 Å². The van der Waals surface area contributed by atoms with E-state index < -0.39 is 5.56 Å². The van der Waals surface area contributed by atoms with E-state index in [0.717, 1.165) is 22.4 Å². The van der Waals surface area contributed by atoms with Gasteiger partial charge in [0.05, 0.1) is 18.1 Å². The molecule has 0 fully saturated rings. The molecule has 2 aromatic heterocycles. The van der Waals surface area contributed by atoms with E-state index in [4.69, 9.17) is 0 Å². The number of aromatic nitrogens is 5. The van der Waals surface area contributed by atoms with Gasteiger partial charge in [0.15, 0.2) is 11.2 Å². The molecule has 10 heteroatoms. The first-order valence-electron chi connectivity index (χ1n) is 9.91. The largest absolute Gasteiger partial charge is 0.325 e. The van der Waals surface area contributed by atoms with E-state index in [0.29, 0.717) is 23.8 Å². The van der Waals surface area contributed by atoms with Crippen molar-refractivity contribution in [3.63, 3.8) is 0 Å². The molecule has 2 aromatic carbocycles. The summed E-state index contributed by atoms with van der Waals surface area (Å²) < 4.78 is 14.6. The second-order valence-corrected chi connectivity index (χ2v) is 8.33. The number of benzene rings is 2. The Morgan fingerprint density at radius 2 is 1.97 bits per heavy atom. The van der Waals surface area contributed by atoms with Gasteiger partial charge in [-0.2, -0.15) is 0 Å². The monoisotopic (exact) mass is 452 g/mol. The topological polar surface area (TPSA) is 106 Å². The Balaban J connectivity index is 1.43. The maximum absolute atomic E-state index is 13.1. The van der Waals surface area contributed by atoms with Gasteiger partial charge < -0.3 is 10.3 Å². The SMILES string of the molecule is Cc1cccc(NC(=O)CSCc2nc3c(nnn3Cc3ccc(F)cc3)c(=O)[nH]2)c1C. The van der Waals surface area contributed by atoms with Crippen molar-refractivity contribution in [2.75, 3.05) is 11.1 Å². The minimum atomic E-state index is -0.393. The molecule has 0 spiro atoms. The number of carbonyl (C=O) groups is 1. The lowest BCUT2D eigenvalue weighted by Crippen LogP contribution is -2.16. The van der Waals surface area contributed by atoms with Gasteiger partial charge in [0, 0.05) is 5.69 Å². The van der Waals surface area contributed by atoms with Crippen LogP contribution in [0.5, 0.6) is 0 Å². The number of amides is 1. The average Bonchev–Trinajstić information content (AvgIpc) is 3.16. The van der Waals surface area contributed by atoms with Crippen molar-refractivity contribution in [2.45, 2.75) is 26.1 Å². The Hall–Kier alpha value is -3.53. The number of halogens is 1. The van der Waals surface area contributed by atoms with Gasteiger partial charge in [0.2, 0.25) is 5.91 Å². The molecular formula is C22H21FN6O2S. The van der Waals surface area contributed by atoms with Crippen molar-refractivity contribution < 1.29 is 9.18 Å². The molecule has 4 rings (SSSR count). The van der Waals surface area contributed by atoms with Crippen molar-refractivity contribution in [1.82, 2.24) is 25.0 Å². The second-order valence-electron chi connectivity index (χ2n) is 7.35. The average molecular weight is 453 g/mol. The van der Waals surface area contributed by atoms with E-state index in [2.05, 4.69) is 25.6 Å². The van der Waals surface area contributed by atoms with E-state index in [-0.39, 0.29) is 23.0 Å². The Morgan fingerprint density at radius 1 is 1.19 bits per heavy atom. The summed E-state index contributed by atoms with van der Waals surface area (Å²) in [6.45, 7) is 4.26. The molecule has 1 amide bonds. The van der Waals surface area contributed by atoms with Gasteiger partial charge in [-0.3, -0.25) is 9.59 Å². The van der Waals surface area contributed by atoms with Crippen LogP contribution in [0.2, 0.25) is 0 Å². The highest BCUT2D eigenvalue weighted by atomic mass is 32.2. The van der Waals surface area contributed by atoms with Gasteiger partial charge in [-0.15, -0.1) is 16.9 Å². The maximum Gasteiger partial charge on any atom is 0.281 e. The number of nitrogens with one attached hydrogen (secondary N) is 2. The molecule has 0 aliphatic carbocycles. The highest BCUT2D eigenvalue weighted by Gasteiger charge is 2.13. The molecule has 0 unspecified atom stereocenters. The van der Waals surface area contributed by atoms with Gasteiger partial charge in [0.25, 0.3) is 5.56 Å². The van der Waals surface area contributed by atoms with Crippen LogP contribution in [0.3, 0.4) is 0 Å². The summed E-state index contributed by atoms with van der Waals surface area (Å²) in [7, 11) is 0. The third-order valence-electron chi connectivity index (χ3n) is 5.02. The summed E-state index contributed by atoms with van der Waals surface area (Å²) in [5, 5.41) is 10.8. The van der Waals surface area contributed by atoms with Crippen molar-refractivity contribution in [1.29, 1.82) is 0 Å². The quantitative estimate of drug-likeness (QED) is 0.446. The molecule has 0 saturated heterocycles. The predicted molar refractivity (Wildman–Crippen MR) is 122 cm³/mol. The number of nitrogens with zero attached hydrogens (tertiary/aromatic N) is 4. The van der Waals surface area contributed by atoms with Gasteiger partial charge in [0.1, 0.15) is 11.6 Å². The van der Waals surface area contributed by atoms with Crippen LogP contribution >= 0.6 is 11.8 Å². The number of hydrogen-bond donors (Lipinski definition) is 2. The third kappa shape index (κ3) is 4.86. The summed E-state index contributed by atoms with van der Waals surface area (Å²) in [4.78, 5) is 31.8. The van der Waals surface area contributed by atoms with Crippen LogP contribution in [0.15, 0.2) is 47.3 Å². The van der Waals surface area contributed by atoms with Crippen molar-refractivity contribution in [3.8, 4) is 0 Å². The van der Waals surface area contributed by atoms with E-state index in [1.165, 1.54) is 28.6 Å². The van der Waals surface area contributed by atoms with Crippen LogP contribution in [-0.4, -0.2) is 36.6 Å². The molecule has 0 aliphatic heterocycles. The number of aryl methyl sites for hydroxylation is 1. The Kier molecular flexibility index (Phi) is 6.31. The zero-order valence-electron chi connectivity index (χ0n) is 17.6. The number of hydrogen-bond acceptors (Lipinski definition) is 6. The molecular weight excluding hydrogens is 431 g/mol.